The molecule has 19 heavy (non-hydrogen) atoms. The van der Waals surface area contributed by atoms with Crippen molar-refractivity contribution >= 4 is 5.69 Å². The molecular weight excluding hydrogens is 258 g/mol. The van der Waals surface area contributed by atoms with Crippen molar-refractivity contribution in [3.63, 3.8) is 0 Å². The molecule has 0 aliphatic carbocycles. The molecule has 1 aromatic rings. The van der Waals surface area contributed by atoms with Crippen molar-refractivity contribution in [3.8, 4) is 5.75 Å². The van der Waals surface area contributed by atoms with Crippen molar-refractivity contribution in [2.45, 2.75) is 32.2 Å². The summed E-state index contributed by atoms with van der Waals surface area (Å²) in [6, 6.07) is 1.56. The maximum absolute atomic E-state index is 13.6. The van der Waals surface area contributed by atoms with Crippen LogP contribution in [-0.2, 0) is 0 Å². The molecule has 5 nitrogen and oxygen atoms in total. The second-order valence-corrected chi connectivity index (χ2v) is 4.32. The first-order valence-corrected chi connectivity index (χ1v) is 5.88. The van der Waals surface area contributed by atoms with E-state index in [1.807, 2.05) is 13.8 Å². The van der Waals surface area contributed by atoms with E-state index in [0.717, 1.165) is 6.07 Å². The van der Waals surface area contributed by atoms with Crippen LogP contribution in [0, 0.1) is 21.7 Å². The SMILES string of the molecule is CCC(N)(CC)COc1c([N+](=O)[O-])ccc(F)c1F. The van der Waals surface area contributed by atoms with Crippen LogP contribution in [0.25, 0.3) is 0 Å². The quantitative estimate of drug-likeness (QED) is 0.639. The summed E-state index contributed by atoms with van der Waals surface area (Å²) in [5, 5.41) is 10.8. The lowest BCUT2D eigenvalue weighted by Crippen LogP contribution is -2.44. The molecule has 0 fully saturated rings. The summed E-state index contributed by atoms with van der Waals surface area (Å²) < 4.78 is 31.7. The smallest absolute Gasteiger partial charge is 0.314 e. The van der Waals surface area contributed by atoms with Gasteiger partial charge in [0.15, 0.2) is 5.82 Å². The number of ether oxygens (including phenoxy) is 1. The van der Waals surface area contributed by atoms with Crippen LogP contribution < -0.4 is 10.5 Å². The van der Waals surface area contributed by atoms with Crippen LogP contribution >= 0.6 is 0 Å². The lowest BCUT2D eigenvalue weighted by Gasteiger charge is -2.26. The lowest BCUT2D eigenvalue weighted by atomic mass is 9.96. The molecule has 0 heterocycles. The molecule has 0 aliphatic rings. The monoisotopic (exact) mass is 274 g/mol. The van der Waals surface area contributed by atoms with Crippen LogP contribution in [-0.4, -0.2) is 17.1 Å². The number of hydrogen-bond acceptors (Lipinski definition) is 4. The zero-order valence-electron chi connectivity index (χ0n) is 10.8. The largest absolute Gasteiger partial charge is 0.483 e. The number of hydrogen-bond donors (Lipinski definition) is 1. The molecule has 1 rings (SSSR count). The van der Waals surface area contributed by atoms with E-state index in [-0.39, 0.29) is 6.61 Å². The Balaban J connectivity index is 3.06. The van der Waals surface area contributed by atoms with Crippen LogP contribution in [0.5, 0.6) is 5.75 Å². The minimum atomic E-state index is -1.37. The third-order valence-electron chi connectivity index (χ3n) is 3.14. The normalized spacial score (nSPS) is 11.4. The molecule has 0 saturated heterocycles. The second-order valence-electron chi connectivity index (χ2n) is 4.32. The number of benzene rings is 1. The lowest BCUT2D eigenvalue weighted by molar-refractivity contribution is -0.386. The molecule has 0 unspecified atom stereocenters. The van der Waals surface area contributed by atoms with Crippen molar-refractivity contribution in [2.24, 2.45) is 5.73 Å². The Kier molecular flexibility index (Phi) is 4.77. The van der Waals surface area contributed by atoms with Gasteiger partial charge in [0, 0.05) is 11.6 Å². The molecule has 0 atom stereocenters. The molecule has 0 bridgehead atoms. The number of halogens is 2. The second kappa shape index (κ2) is 5.92. The first-order valence-electron chi connectivity index (χ1n) is 5.88. The van der Waals surface area contributed by atoms with Gasteiger partial charge in [-0.3, -0.25) is 10.1 Å². The molecule has 0 saturated carbocycles. The highest BCUT2D eigenvalue weighted by Crippen LogP contribution is 2.32. The molecule has 7 heteroatoms. The number of nitrogens with zero attached hydrogens (tertiary/aromatic N) is 1. The van der Waals surface area contributed by atoms with Crippen molar-refractivity contribution in [1.29, 1.82) is 0 Å². The van der Waals surface area contributed by atoms with Crippen LogP contribution in [0.4, 0.5) is 14.5 Å². The molecule has 0 spiro atoms. The van der Waals surface area contributed by atoms with E-state index < -0.39 is 33.5 Å². The Bertz CT molecular complexity index is 476. The predicted molar refractivity (Wildman–Crippen MR) is 66.0 cm³/mol. The number of nitro benzene ring substituents is 1. The van der Waals surface area contributed by atoms with Crippen LogP contribution in [0.2, 0.25) is 0 Å². The van der Waals surface area contributed by atoms with Gasteiger partial charge in [-0.25, -0.2) is 4.39 Å². The van der Waals surface area contributed by atoms with E-state index in [1.54, 1.807) is 0 Å². The van der Waals surface area contributed by atoms with Gasteiger partial charge >= 0.3 is 5.69 Å². The van der Waals surface area contributed by atoms with E-state index >= 15 is 0 Å². The minimum absolute atomic E-state index is 0.124. The van der Waals surface area contributed by atoms with Crippen molar-refractivity contribution in [1.82, 2.24) is 0 Å². The highest BCUT2D eigenvalue weighted by atomic mass is 19.2. The molecule has 0 radical (unpaired) electrons. The molecule has 0 aromatic heterocycles. The number of nitrogens with two attached hydrogens (primary N) is 1. The van der Waals surface area contributed by atoms with Crippen molar-refractivity contribution in [2.75, 3.05) is 6.61 Å². The molecule has 106 valence electrons. The van der Waals surface area contributed by atoms with Gasteiger partial charge in [-0.2, -0.15) is 4.39 Å². The fraction of sp³-hybridized carbons (Fsp3) is 0.500. The van der Waals surface area contributed by atoms with E-state index in [1.165, 1.54) is 0 Å². The highest BCUT2D eigenvalue weighted by molar-refractivity contribution is 5.47. The van der Waals surface area contributed by atoms with Gasteiger partial charge in [-0.1, -0.05) is 13.8 Å². The van der Waals surface area contributed by atoms with Crippen molar-refractivity contribution in [3.05, 3.63) is 33.9 Å². The molecule has 2 N–H and O–H groups in total. The van der Waals surface area contributed by atoms with Gasteiger partial charge < -0.3 is 10.5 Å². The maximum atomic E-state index is 13.6. The zero-order valence-corrected chi connectivity index (χ0v) is 10.8. The van der Waals surface area contributed by atoms with Gasteiger partial charge in [0.25, 0.3) is 0 Å². The van der Waals surface area contributed by atoms with E-state index in [0.29, 0.717) is 18.9 Å². The summed E-state index contributed by atoms with van der Waals surface area (Å²) >= 11 is 0. The Morgan fingerprint density at radius 1 is 1.37 bits per heavy atom. The zero-order chi connectivity index (χ0) is 14.6. The van der Waals surface area contributed by atoms with E-state index in [2.05, 4.69) is 0 Å². The van der Waals surface area contributed by atoms with Gasteiger partial charge in [0.1, 0.15) is 6.61 Å². The van der Waals surface area contributed by atoms with Gasteiger partial charge in [0.2, 0.25) is 11.6 Å². The summed E-state index contributed by atoms with van der Waals surface area (Å²) in [5.41, 5.74) is 4.60. The highest BCUT2D eigenvalue weighted by Gasteiger charge is 2.27. The number of rotatable bonds is 6. The average molecular weight is 274 g/mol. The molecule has 0 aliphatic heterocycles. The standard InChI is InChI=1S/C12H16F2N2O3/c1-3-12(15,4-2)7-19-11-9(16(17)18)6-5-8(13)10(11)14/h5-6H,3-4,7,15H2,1-2H3. The molecular formula is C12H16F2N2O3. The fourth-order valence-electron chi connectivity index (χ4n) is 1.47. The summed E-state index contributed by atoms with van der Waals surface area (Å²) in [5.74, 6) is -3.28. The van der Waals surface area contributed by atoms with Crippen molar-refractivity contribution < 1.29 is 18.4 Å². The summed E-state index contributed by atoms with van der Waals surface area (Å²) in [6.07, 6.45) is 1.10. The average Bonchev–Trinajstić information content (AvgIpc) is 2.39. The third kappa shape index (κ3) is 3.37. The topological polar surface area (TPSA) is 78.4 Å². The Morgan fingerprint density at radius 2 is 1.95 bits per heavy atom. The first-order chi connectivity index (χ1) is 8.84. The van der Waals surface area contributed by atoms with Crippen LogP contribution in [0.1, 0.15) is 26.7 Å². The minimum Gasteiger partial charge on any atom is -0.483 e. The third-order valence-corrected chi connectivity index (χ3v) is 3.14. The summed E-state index contributed by atoms with van der Waals surface area (Å²) in [6.45, 7) is 3.52. The Morgan fingerprint density at radius 3 is 2.42 bits per heavy atom. The fourth-order valence-corrected chi connectivity index (χ4v) is 1.47. The summed E-state index contributed by atoms with van der Waals surface area (Å²) in [4.78, 5) is 9.93. The number of nitro groups is 1. The van der Waals surface area contributed by atoms with E-state index in [4.69, 9.17) is 10.5 Å². The van der Waals surface area contributed by atoms with Crippen LogP contribution in [0.15, 0.2) is 12.1 Å². The van der Waals surface area contributed by atoms with Gasteiger partial charge in [0.05, 0.1) is 4.92 Å². The summed E-state index contributed by atoms with van der Waals surface area (Å²) in [7, 11) is 0. The van der Waals surface area contributed by atoms with Gasteiger partial charge in [-0.05, 0) is 18.9 Å². The molecule has 1 aromatic carbocycles. The Labute approximate surface area is 109 Å². The first kappa shape index (κ1) is 15.3. The Hall–Kier alpha value is -1.76. The maximum Gasteiger partial charge on any atom is 0.314 e. The van der Waals surface area contributed by atoms with E-state index in [9.17, 15) is 18.9 Å². The molecule has 0 amide bonds. The van der Waals surface area contributed by atoms with Gasteiger partial charge in [-0.15, -0.1) is 0 Å². The van der Waals surface area contributed by atoms with Crippen LogP contribution in [0.3, 0.4) is 0 Å². The predicted octanol–water partition coefficient (Wildman–Crippen LogP) is 2.77.